The Morgan fingerprint density at radius 3 is 2.55 bits per heavy atom. The quantitative estimate of drug-likeness (QED) is 0.688. The summed E-state index contributed by atoms with van der Waals surface area (Å²) in [4.78, 5) is 32.5. The van der Waals surface area contributed by atoms with Gasteiger partial charge in [0.25, 0.3) is 5.91 Å². The molecule has 3 rings (SSSR count). The second kappa shape index (κ2) is 9.54. The van der Waals surface area contributed by atoms with Gasteiger partial charge in [-0.1, -0.05) is 20.8 Å². The highest BCUT2D eigenvalue weighted by Gasteiger charge is 2.36. The highest BCUT2D eigenvalue weighted by Crippen LogP contribution is 2.29. The fraction of sp³-hybridized carbons (Fsp3) is 0.522. The van der Waals surface area contributed by atoms with Gasteiger partial charge in [0.15, 0.2) is 17.3 Å². The number of carbonyl (C=O) groups excluding carboxylic acids is 2. The first-order valence-corrected chi connectivity index (χ1v) is 10.8. The first-order chi connectivity index (χ1) is 15.4. The fourth-order valence-corrected chi connectivity index (χ4v) is 3.82. The van der Waals surface area contributed by atoms with Crippen LogP contribution in [0.15, 0.2) is 18.2 Å². The molecule has 0 aliphatic carbocycles. The summed E-state index contributed by atoms with van der Waals surface area (Å²) in [5, 5.41) is 5.22. The molecule has 1 aliphatic heterocycles. The number of benzene rings is 1. The van der Waals surface area contributed by atoms with Crippen LogP contribution in [0.5, 0.6) is 0 Å². The number of aromatic nitrogens is 2. The molecule has 180 valence electrons. The standard InChI is InChI=1S/C23H30F3N5O2/c1-13-11-31-17(12-30(13)5)18(28-20(31)14-6-7-15(25)16(26)10-14)21(32)29-19(23(2,3)4)22(33)27-9-8-24/h6-7,10,13,19H,8-9,11-12H2,1-5H3,(H,27,33)(H,29,32)/t13?,19-/m1/s1. The lowest BCUT2D eigenvalue weighted by Gasteiger charge is -2.33. The second-order valence-electron chi connectivity index (χ2n) is 9.49. The summed E-state index contributed by atoms with van der Waals surface area (Å²) in [5.74, 6) is -2.68. The number of likely N-dealkylation sites (N-methyl/N-ethyl adjacent to an activating group) is 1. The summed E-state index contributed by atoms with van der Waals surface area (Å²) in [6.45, 7) is 7.43. The predicted molar refractivity (Wildman–Crippen MR) is 118 cm³/mol. The summed E-state index contributed by atoms with van der Waals surface area (Å²) in [6.07, 6.45) is 0. The van der Waals surface area contributed by atoms with Crippen LogP contribution < -0.4 is 10.6 Å². The van der Waals surface area contributed by atoms with E-state index in [-0.39, 0.29) is 18.3 Å². The molecule has 7 nitrogen and oxygen atoms in total. The largest absolute Gasteiger partial charge is 0.352 e. The van der Waals surface area contributed by atoms with E-state index >= 15 is 0 Å². The number of hydrogen-bond acceptors (Lipinski definition) is 4. The number of nitrogens with one attached hydrogen (secondary N) is 2. The van der Waals surface area contributed by atoms with Crippen LogP contribution in [0.3, 0.4) is 0 Å². The molecule has 1 aromatic carbocycles. The molecule has 2 atom stereocenters. The number of rotatable bonds is 6. The van der Waals surface area contributed by atoms with Crippen LogP contribution in [0.25, 0.3) is 11.4 Å². The van der Waals surface area contributed by atoms with Crippen molar-refractivity contribution in [1.82, 2.24) is 25.1 Å². The zero-order chi connectivity index (χ0) is 24.5. The third-order valence-corrected chi connectivity index (χ3v) is 5.86. The monoisotopic (exact) mass is 465 g/mol. The van der Waals surface area contributed by atoms with Crippen LogP contribution >= 0.6 is 0 Å². The van der Waals surface area contributed by atoms with Gasteiger partial charge in [-0.15, -0.1) is 0 Å². The molecular weight excluding hydrogens is 435 g/mol. The molecule has 33 heavy (non-hydrogen) atoms. The fourth-order valence-electron chi connectivity index (χ4n) is 3.82. The van der Waals surface area contributed by atoms with Gasteiger partial charge in [0.2, 0.25) is 5.91 Å². The molecule has 1 aliphatic rings. The molecule has 0 bridgehead atoms. The van der Waals surface area contributed by atoms with Gasteiger partial charge in [0, 0.05) is 31.2 Å². The molecule has 0 fully saturated rings. The van der Waals surface area contributed by atoms with Crippen molar-refractivity contribution in [1.29, 1.82) is 0 Å². The molecular formula is C23H30F3N5O2. The maximum Gasteiger partial charge on any atom is 0.272 e. The van der Waals surface area contributed by atoms with Gasteiger partial charge in [-0.25, -0.2) is 18.2 Å². The van der Waals surface area contributed by atoms with Gasteiger partial charge in [-0.05, 0) is 37.6 Å². The number of imidazole rings is 1. The van der Waals surface area contributed by atoms with Crippen molar-refractivity contribution in [2.45, 2.75) is 52.9 Å². The Kier molecular flexibility index (Phi) is 7.16. The van der Waals surface area contributed by atoms with Gasteiger partial charge in [0.1, 0.15) is 18.5 Å². The lowest BCUT2D eigenvalue weighted by molar-refractivity contribution is -0.125. The number of hydrogen-bond donors (Lipinski definition) is 2. The van der Waals surface area contributed by atoms with Crippen molar-refractivity contribution in [2.24, 2.45) is 5.41 Å². The Morgan fingerprint density at radius 1 is 1.24 bits per heavy atom. The lowest BCUT2D eigenvalue weighted by atomic mass is 9.86. The number of fused-ring (bicyclic) bond motifs is 1. The first kappa shape index (κ1) is 24.8. The lowest BCUT2D eigenvalue weighted by Crippen LogP contribution is -2.54. The molecule has 0 saturated heterocycles. The van der Waals surface area contributed by atoms with Gasteiger partial charge < -0.3 is 15.2 Å². The maximum absolute atomic E-state index is 13.9. The molecule has 1 unspecified atom stereocenters. The number of amides is 2. The Balaban J connectivity index is 2.02. The van der Waals surface area contributed by atoms with Crippen LogP contribution in [0.1, 0.15) is 43.9 Å². The molecule has 2 N–H and O–H groups in total. The Morgan fingerprint density at radius 2 is 1.94 bits per heavy atom. The van der Waals surface area contributed by atoms with Crippen LogP contribution in [0, 0.1) is 17.0 Å². The van der Waals surface area contributed by atoms with Crippen molar-refractivity contribution in [2.75, 3.05) is 20.3 Å². The van der Waals surface area contributed by atoms with Crippen molar-refractivity contribution in [3.05, 3.63) is 41.2 Å². The van der Waals surface area contributed by atoms with Crippen LogP contribution in [-0.2, 0) is 17.9 Å². The van der Waals surface area contributed by atoms with E-state index in [0.717, 1.165) is 12.1 Å². The van der Waals surface area contributed by atoms with Crippen molar-refractivity contribution in [3.63, 3.8) is 0 Å². The highest BCUT2D eigenvalue weighted by molar-refractivity contribution is 5.98. The van der Waals surface area contributed by atoms with E-state index in [4.69, 9.17) is 0 Å². The van der Waals surface area contributed by atoms with E-state index in [1.165, 1.54) is 6.07 Å². The predicted octanol–water partition coefficient (Wildman–Crippen LogP) is 2.89. The van der Waals surface area contributed by atoms with Crippen molar-refractivity contribution in [3.8, 4) is 11.4 Å². The second-order valence-corrected chi connectivity index (χ2v) is 9.49. The summed E-state index contributed by atoms with van der Waals surface area (Å²) >= 11 is 0. The Bertz CT molecular complexity index is 1050. The third kappa shape index (κ3) is 5.21. The molecule has 2 heterocycles. The minimum atomic E-state index is -1.01. The third-order valence-electron chi connectivity index (χ3n) is 5.86. The molecule has 0 spiro atoms. The number of carbonyl (C=O) groups is 2. The van der Waals surface area contributed by atoms with Crippen molar-refractivity contribution < 1.29 is 22.8 Å². The van der Waals surface area contributed by atoms with E-state index in [1.807, 2.05) is 18.5 Å². The average molecular weight is 466 g/mol. The molecule has 2 amide bonds. The molecule has 0 radical (unpaired) electrons. The minimum absolute atomic E-state index is 0.112. The Hall–Kier alpha value is -2.88. The Labute approximate surface area is 191 Å². The van der Waals surface area contributed by atoms with Crippen LogP contribution in [-0.4, -0.2) is 58.6 Å². The van der Waals surface area contributed by atoms with Gasteiger partial charge in [0.05, 0.1) is 5.69 Å². The van der Waals surface area contributed by atoms with E-state index in [2.05, 4.69) is 20.5 Å². The van der Waals surface area contributed by atoms with Crippen LogP contribution in [0.4, 0.5) is 13.2 Å². The van der Waals surface area contributed by atoms with E-state index < -0.39 is 41.6 Å². The molecule has 1 aromatic heterocycles. The summed E-state index contributed by atoms with van der Waals surface area (Å²) in [6, 6.07) is 2.69. The zero-order valence-corrected chi connectivity index (χ0v) is 19.5. The molecule has 10 heteroatoms. The minimum Gasteiger partial charge on any atom is -0.352 e. The van der Waals surface area contributed by atoms with E-state index in [0.29, 0.717) is 30.2 Å². The molecule has 0 saturated carbocycles. The maximum atomic E-state index is 13.9. The van der Waals surface area contributed by atoms with Crippen LogP contribution in [0.2, 0.25) is 0 Å². The van der Waals surface area contributed by atoms with E-state index in [1.54, 1.807) is 20.8 Å². The van der Waals surface area contributed by atoms with Gasteiger partial charge in [-0.2, -0.15) is 0 Å². The van der Waals surface area contributed by atoms with Gasteiger partial charge >= 0.3 is 0 Å². The zero-order valence-electron chi connectivity index (χ0n) is 19.5. The molecule has 2 aromatic rings. The normalized spacial score (nSPS) is 17.4. The smallest absolute Gasteiger partial charge is 0.272 e. The first-order valence-electron chi connectivity index (χ1n) is 10.8. The number of nitrogens with zero attached hydrogens (tertiary/aromatic N) is 3. The SMILES string of the molecule is CC1Cn2c(-c3ccc(F)c(F)c3)nc(C(=O)N[C@H](C(=O)NCCF)C(C)(C)C)c2CN1C. The van der Waals surface area contributed by atoms with E-state index in [9.17, 15) is 22.8 Å². The summed E-state index contributed by atoms with van der Waals surface area (Å²) < 4.78 is 41.8. The average Bonchev–Trinajstić information content (AvgIpc) is 3.10. The summed E-state index contributed by atoms with van der Waals surface area (Å²) in [7, 11) is 1.92. The van der Waals surface area contributed by atoms with Gasteiger partial charge in [-0.3, -0.25) is 14.5 Å². The van der Waals surface area contributed by atoms with Crippen molar-refractivity contribution >= 4 is 11.8 Å². The highest BCUT2D eigenvalue weighted by atomic mass is 19.2. The number of alkyl halides is 1. The topological polar surface area (TPSA) is 79.3 Å². The summed E-state index contributed by atoms with van der Waals surface area (Å²) in [5.41, 5.74) is 0.425. The number of halogens is 3.